The molecule has 0 bridgehead atoms. The van der Waals surface area contributed by atoms with Crippen molar-refractivity contribution in [3.63, 3.8) is 0 Å². The van der Waals surface area contributed by atoms with Gasteiger partial charge in [-0.3, -0.25) is 0 Å². The zero-order valence-corrected chi connectivity index (χ0v) is 10.2. The van der Waals surface area contributed by atoms with Crippen LogP contribution in [0.3, 0.4) is 0 Å². The van der Waals surface area contributed by atoms with E-state index in [1.54, 1.807) is 24.3 Å². The smallest absolute Gasteiger partial charge is 0.387 e. The highest BCUT2D eigenvalue weighted by atomic mass is 19.3. The van der Waals surface area contributed by atoms with E-state index in [1.165, 1.54) is 0 Å². The largest absolute Gasteiger partial charge is 0.435 e. The van der Waals surface area contributed by atoms with Crippen LogP contribution in [0.15, 0.2) is 24.3 Å². The fourth-order valence-electron chi connectivity index (χ4n) is 2.05. The lowest BCUT2D eigenvalue weighted by atomic mass is 10.1. The first-order valence-corrected chi connectivity index (χ1v) is 6.03. The van der Waals surface area contributed by atoms with Crippen LogP contribution in [-0.2, 0) is 4.74 Å². The van der Waals surface area contributed by atoms with Crippen LogP contribution in [-0.4, -0.2) is 25.9 Å². The molecule has 2 rings (SSSR count). The third-order valence-corrected chi connectivity index (χ3v) is 3.02. The van der Waals surface area contributed by atoms with Gasteiger partial charge in [0.05, 0.1) is 6.61 Å². The number of halogens is 2. The zero-order chi connectivity index (χ0) is 13.0. The van der Waals surface area contributed by atoms with Gasteiger partial charge in [0.25, 0.3) is 0 Å². The quantitative estimate of drug-likeness (QED) is 0.879. The molecule has 18 heavy (non-hydrogen) atoms. The van der Waals surface area contributed by atoms with Crippen LogP contribution >= 0.6 is 0 Å². The zero-order valence-electron chi connectivity index (χ0n) is 10.2. The van der Waals surface area contributed by atoms with E-state index in [1.807, 2.05) is 6.92 Å². The van der Waals surface area contributed by atoms with Gasteiger partial charge in [0.1, 0.15) is 5.75 Å². The van der Waals surface area contributed by atoms with Crippen molar-refractivity contribution in [1.29, 1.82) is 0 Å². The van der Waals surface area contributed by atoms with Crippen LogP contribution < -0.4 is 10.1 Å². The topological polar surface area (TPSA) is 30.5 Å². The molecule has 2 atom stereocenters. The lowest BCUT2D eigenvalue weighted by Crippen LogP contribution is -2.31. The summed E-state index contributed by atoms with van der Waals surface area (Å²) in [7, 11) is 0. The van der Waals surface area contributed by atoms with Crippen LogP contribution in [0.5, 0.6) is 5.75 Å². The molecule has 1 aromatic rings. The van der Waals surface area contributed by atoms with Gasteiger partial charge < -0.3 is 14.8 Å². The molecule has 1 fully saturated rings. The molecule has 0 aromatic heterocycles. The maximum Gasteiger partial charge on any atom is 0.387 e. The van der Waals surface area contributed by atoms with Crippen molar-refractivity contribution in [3.8, 4) is 5.75 Å². The first kappa shape index (κ1) is 13.2. The minimum Gasteiger partial charge on any atom is -0.435 e. The number of nitrogens with one attached hydrogen (secondary N) is 1. The Bertz CT molecular complexity index is 364. The van der Waals surface area contributed by atoms with Crippen LogP contribution in [0.4, 0.5) is 8.78 Å². The van der Waals surface area contributed by atoms with Crippen molar-refractivity contribution < 1.29 is 18.3 Å². The summed E-state index contributed by atoms with van der Waals surface area (Å²) < 4.78 is 33.6. The maximum absolute atomic E-state index is 12.0. The number of hydrogen-bond donors (Lipinski definition) is 1. The van der Waals surface area contributed by atoms with Crippen LogP contribution in [0.1, 0.15) is 24.9 Å². The van der Waals surface area contributed by atoms with Crippen molar-refractivity contribution in [3.05, 3.63) is 29.8 Å². The summed E-state index contributed by atoms with van der Waals surface area (Å²) in [5.74, 6) is 0.185. The Kier molecular flexibility index (Phi) is 4.49. The van der Waals surface area contributed by atoms with E-state index < -0.39 is 6.61 Å². The molecular formula is C13H17F2NO2. The van der Waals surface area contributed by atoms with Gasteiger partial charge in [-0.15, -0.1) is 0 Å². The summed E-state index contributed by atoms with van der Waals surface area (Å²) in [4.78, 5) is 0. The van der Waals surface area contributed by atoms with Crippen LogP contribution in [0, 0.1) is 0 Å². The second kappa shape index (κ2) is 6.11. The number of alkyl halides is 2. The molecule has 0 radical (unpaired) electrons. The summed E-state index contributed by atoms with van der Waals surface area (Å²) in [6.45, 7) is 0.797. The van der Waals surface area contributed by atoms with E-state index in [0.29, 0.717) is 6.04 Å². The van der Waals surface area contributed by atoms with Crippen LogP contribution in [0.2, 0.25) is 0 Å². The molecule has 5 heteroatoms. The SMILES string of the molecule is CC(NC1CCOC1)c1ccc(OC(F)F)cc1. The number of rotatable bonds is 5. The van der Waals surface area contributed by atoms with Gasteiger partial charge in [0.15, 0.2) is 0 Å². The van der Waals surface area contributed by atoms with E-state index in [4.69, 9.17) is 4.74 Å². The Hall–Kier alpha value is -1.20. The number of hydrogen-bond acceptors (Lipinski definition) is 3. The Balaban J connectivity index is 1.91. The molecule has 1 aliphatic heterocycles. The van der Waals surface area contributed by atoms with Crippen molar-refractivity contribution in [2.45, 2.75) is 32.0 Å². The van der Waals surface area contributed by atoms with Gasteiger partial charge in [-0.05, 0) is 31.0 Å². The predicted octanol–water partition coefficient (Wildman–Crippen LogP) is 2.73. The van der Waals surface area contributed by atoms with Crippen LogP contribution in [0.25, 0.3) is 0 Å². The summed E-state index contributed by atoms with van der Waals surface area (Å²) >= 11 is 0. The van der Waals surface area contributed by atoms with E-state index >= 15 is 0 Å². The molecule has 1 aromatic carbocycles. The second-order valence-corrected chi connectivity index (χ2v) is 4.40. The highest BCUT2D eigenvalue weighted by Gasteiger charge is 2.18. The Morgan fingerprint density at radius 3 is 2.61 bits per heavy atom. The second-order valence-electron chi connectivity index (χ2n) is 4.40. The van der Waals surface area contributed by atoms with Gasteiger partial charge in [0.2, 0.25) is 0 Å². The molecule has 1 saturated heterocycles. The molecule has 2 unspecified atom stereocenters. The first-order valence-electron chi connectivity index (χ1n) is 6.03. The fourth-order valence-corrected chi connectivity index (χ4v) is 2.05. The minimum absolute atomic E-state index is 0.164. The highest BCUT2D eigenvalue weighted by molar-refractivity contribution is 5.29. The Labute approximate surface area is 105 Å². The summed E-state index contributed by atoms with van der Waals surface area (Å²) in [5.41, 5.74) is 1.04. The molecule has 3 nitrogen and oxygen atoms in total. The van der Waals surface area contributed by atoms with E-state index in [-0.39, 0.29) is 11.8 Å². The van der Waals surface area contributed by atoms with Gasteiger partial charge in [-0.25, -0.2) is 0 Å². The molecular weight excluding hydrogens is 240 g/mol. The normalized spacial score (nSPS) is 21.2. The molecule has 0 saturated carbocycles. The number of benzene rings is 1. The molecule has 0 amide bonds. The monoisotopic (exact) mass is 257 g/mol. The van der Waals surface area contributed by atoms with Gasteiger partial charge in [0, 0.05) is 18.7 Å². The lowest BCUT2D eigenvalue weighted by Gasteiger charge is -2.18. The molecule has 100 valence electrons. The number of ether oxygens (including phenoxy) is 2. The Morgan fingerprint density at radius 1 is 1.33 bits per heavy atom. The fraction of sp³-hybridized carbons (Fsp3) is 0.538. The van der Waals surface area contributed by atoms with Crippen molar-refractivity contribution in [1.82, 2.24) is 5.32 Å². The standard InChI is InChI=1S/C13H17F2NO2/c1-9(16-11-6-7-17-8-11)10-2-4-12(5-3-10)18-13(14)15/h2-5,9,11,13,16H,6-8H2,1H3. The lowest BCUT2D eigenvalue weighted by molar-refractivity contribution is -0.0498. The maximum atomic E-state index is 12.0. The molecule has 1 heterocycles. The minimum atomic E-state index is -2.78. The first-order chi connectivity index (χ1) is 8.65. The van der Waals surface area contributed by atoms with Crippen molar-refractivity contribution in [2.75, 3.05) is 13.2 Å². The van der Waals surface area contributed by atoms with E-state index in [2.05, 4.69) is 10.1 Å². The molecule has 1 N–H and O–H groups in total. The average molecular weight is 257 g/mol. The summed E-state index contributed by atoms with van der Waals surface area (Å²) in [6.07, 6.45) is 1.01. The third kappa shape index (κ3) is 3.65. The van der Waals surface area contributed by atoms with Gasteiger partial charge in [-0.1, -0.05) is 12.1 Å². The van der Waals surface area contributed by atoms with E-state index in [9.17, 15) is 8.78 Å². The molecule has 0 spiro atoms. The molecule has 0 aliphatic carbocycles. The highest BCUT2D eigenvalue weighted by Crippen LogP contribution is 2.20. The average Bonchev–Trinajstić information content (AvgIpc) is 2.82. The van der Waals surface area contributed by atoms with Gasteiger partial charge >= 0.3 is 6.61 Å². The molecule has 1 aliphatic rings. The Morgan fingerprint density at radius 2 is 2.06 bits per heavy atom. The summed E-state index contributed by atoms with van der Waals surface area (Å²) in [6, 6.07) is 7.25. The predicted molar refractivity (Wildman–Crippen MR) is 63.8 cm³/mol. The van der Waals surface area contributed by atoms with Crippen molar-refractivity contribution >= 4 is 0 Å². The van der Waals surface area contributed by atoms with E-state index in [0.717, 1.165) is 25.2 Å². The third-order valence-electron chi connectivity index (χ3n) is 3.02. The summed E-state index contributed by atoms with van der Waals surface area (Å²) in [5, 5.41) is 3.44. The van der Waals surface area contributed by atoms with Gasteiger partial charge in [-0.2, -0.15) is 8.78 Å². The van der Waals surface area contributed by atoms with Crippen molar-refractivity contribution in [2.24, 2.45) is 0 Å².